The third kappa shape index (κ3) is 8.56. The molecule has 0 aromatic rings. The summed E-state index contributed by atoms with van der Waals surface area (Å²) in [6.07, 6.45) is 12.2. The second-order valence-electron chi connectivity index (χ2n) is 2.52. The Morgan fingerprint density at radius 1 is 1.38 bits per heavy atom. The monoisotopic (exact) mass is 264 g/mol. The molecule has 1 aliphatic rings. The van der Waals surface area contributed by atoms with Gasteiger partial charge in [0, 0.05) is 0 Å². The first-order valence-electron chi connectivity index (χ1n) is 3.92. The number of halogens is 2. The van der Waals surface area contributed by atoms with E-state index in [0.717, 1.165) is 24.8 Å². The van der Waals surface area contributed by atoms with Crippen molar-refractivity contribution in [3.63, 3.8) is 0 Å². The van der Waals surface area contributed by atoms with Crippen LogP contribution in [0.2, 0.25) is 0 Å². The number of carbonyl (C=O) groups excluding carboxylic acids is 1. The van der Waals surface area contributed by atoms with E-state index >= 15 is 0 Å². The summed E-state index contributed by atoms with van der Waals surface area (Å²) < 4.78 is 0. The zero-order chi connectivity index (χ0) is 9.94. The number of hydrogen-bond donors (Lipinski definition) is 0. The van der Waals surface area contributed by atoms with E-state index in [4.69, 9.17) is 20.3 Å². The molecule has 0 spiro atoms. The zero-order valence-electron chi connectivity index (χ0n) is 7.06. The summed E-state index contributed by atoms with van der Waals surface area (Å²) in [5.41, 5.74) is 0.802. The Bertz CT molecular complexity index is 190. The molecule has 1 nitrogen and oxygen atoms in total. The maximum absolute atomic E-state index is 10.2. The van der Waals surface area contributed by atoms with Gasteiger partial charge in [0.2, 0.25) is 0 Å². The summed E-state index contributed by atoms with van der Waals surface area (Å²) in [6.45, 7) is 0. The van der Waals surface area contributed by atoms with Crippen LogP contribution < -0.4 is 0 Å². The topological polar surface area (TPSA) is 17.1 Å². The van der Waals surface area contributed by atoms with Crippen molar-refractivity contribution >= 4 is 26.6 Å². The van der Waals surface area contributed by atoms with Crippen LogP contribution in [0.5, 0.6) is 0 Å². The first-order chi connectivity index (χ1) is 6.35. The molecule has 0 aromatic carbocycles. The van der Waals surface area contributed by atoms with Crippen molar-refractivity contribution in [2.45, 2.75) is 25.7 Å². The van der Waals surface area contributed by atoms with Crippen LogP contribution >= 0.6 is 20.3 Å². The van der Waals surface area contributed by atoms with Gasteiger partial charge in [-0.3, -0.25) is 0 Å². The van der Waals surface area contributed by atoms with Crippen LogP contribution in [-0.2, 0) is 17.7 Å². The Kier molecular flexibility index (Phi) is 10.5. The van der Waals surface area contributed by atoms with Gasteiger partial charge in [0.25, 0.3) is 0 Å². The summed E-state index contributed by atoms with van der Waals surface area (Å²) >= 11 is 0.382. The Labute approximate surface area is 93.7 Å². The van der Waals surface area contributed by atoms with Crippen LogP contribution in [0.25, 0.3) is 0 Å². The minimum atomic E-state index is 0.382. The number of hydrogen-bond acceptors (Lipinski definition) is 1. The molecule has 0 saturated carbocycles. The Balaban J connectivity index is 0.000000424. The Hall–Kier alpha value is 0.236. The standard InChI is InChI=1S/C9H11O.2ClH.Co/c10-8-9-6-4-2-1-3-5-7-9;;;/h2,4,6H,1,3,5,7H2;2*1H;/q-1;;;+3/p-2. The molecule has 0 amide bonds. The van der Waals surface area contributed by atoms with E-state index in [1.165, 1.54) is 6.42 Å². The van der Waals surface area contributed by atoms with Crippen molar-refractivity contribution in [3.05, 3.63) is 23.8 Å². The fourth-order valence-corrected chi connectivity index (χ4v) is 1.03. The van der Waals surface area contributed by atoms with Crippen LogP contribution in [0, 0.1) is 0 Å². The van der Waals surface area contributed by atoms with Crippen LogP contribution in [0.15, 0.2) is 23.8 Å². The Morgan fingerprint density at radius 2 is 2.08 bits per heavy atom. The quantitative estimate of drug-likeness (QED) is 0.663. The average Bonchev–Trinajstić information content (AvgIpc) is 2.05. The van der Waals surface area contributed by atoms with Gasteiger partial charge >= 0.3 is 33.2 Å². The summed E-state index contributed by atoms with van der Waals surface area (Å²) in [5.74, 6) is 0. The van der Waals surface area contributed by atoms with E-state index in [1.54, 1.807) is 0 Å². The first kappa shape index (κ1) is 13.2. The van der Waals surface area contributed by atoms with Gasteiger partial charge in [0.15, 0.2) is 0 Å². The number of rotatable bonds is 1. The Morgan fingerprint density at radius 3 is 2.69 bits per heavy atom. The second-order valence-corrected chi connectivity index (χ2v) is 4.23. The van der Waals surface area contributed by atoms with E-state index in [2.05, 4.69) is 6.08 Å². The van der Waals surface area contributed by atoms with Gasteiger partial charge in [-0.1, -0.05) is 12.8 Å². The van der Waals surface area contributed by atoms with Crippen molar-refractivity contribution in [1.82, 2.24) is 0 Å². The van der Waals surface area contributed by atoms with E-state index < -0.39 is 0 Å². The SMILES string of the molecule is O=[C-]C1=CC=CCCCC1.[Cl][Co+][Cl]. The molecule has 0 N–H and O–H groups in total. The van der Waals surface area contributed by atoms with Crippen LogP contribution in [-0.4, -0.2) is 6.29 Å². The second kappa shape index (κ2) is 10.3. The third-order valence-electron chi connectivity index (χ3n) is 1.63. The minimum absolute atomic E-state index is 0.382. The predicted octanol–water partition coefficient (Wildman–Crippen LogP) is 3.53. The van der Waals surface area contributed by atoms with E-state index in [-0.39, 0.29) is 0 Å². The molecule has 0 bridgehead atoms. The van der Waals surface area contributed by atoms with Crippen LogP contribution in [0.3, 0.4) is 0 Å². The molecule has 0 fully saturated rings. The zero-order valence-corrected chi connectivity index (χ0v) is 9.61. The molecular formula is C9H11Cl2CoO. The first-order valence-corrected chi connectivity index (χ1v) is 6.79. The molecule has 76 valence electrons. The summed E-state index contributed by atoms with van der Waals surface area (Å²) in [7, 11) is 9.47. The molecule has 0 aromatic heterocycles. The molecular weight excluding hydrogens is 254 g/mol. The molecule has 4 heteroatoms. The van der Waals surface area contributed by atoms with Crippen molar-refractivity contribution in [2.24, 2.45) is 0 Å². The predicted molar refractivity (Wildman–Crippen MR) is 53.1 cm³/mol. The van der Waals surface area contributed by atoms with E-state index in [9.17, 15) is 4.79 Å². The number of allylic oxidation sites excluding steroid dienone is 4. The molecule has 1 rings (SSSR count). The maximum atomic E-state index is 10.2. The van der Waals surface area contributed by atoms with Crippen molar-refractivity contribution in [1.29, 1.82) is 0 Å². The van der Waals surface area contributed by atoms with Gasteiger partial charge in [-0.2, -0.15) is 5.57 Å². The molecule has 0 atom stereocenters. The average molecular weight is 265 g/mol. The molecule has 0 heterocycles. The van der Waals surface area contributed by atoms with Gasteiger partial charge in [-0.15, -0.1) is 12.2 Å². The fourth-order valence-electron chi connectivity index (χ4n) is 1.03. The van der Waals surface area contributed by atoms with Crippen molar-refractivity contribution < 1.29 is 17.7 Å². The van der Waals surface area contributed by atoms with E-state index in [1.807, 2.05) is 18.4 Å². The molecule has 1 aliphatic carbocycles. The van der Waals surface area contributed by atoms with Gasteiger partial charge < -0.3 is 4.79 Å². The third-order valence-corrected chi connectivity index (χ3v) is 1.63. The summed E-state index contributed by atoms with van der Waals surface area (Å²) in [5, 5.41) is 0. The van der Waals surface area contributed by atoms with Crippen molar-refractivity contribution in [3.8, 4) is 0 Å². The summed E-state index contributed by atoms with van der Waals surface area (Å²) in [4.78, 5) is 10.2. The molecule has 0 saturated heterocycles. The molecule has 0 unspecified atom stereocenters. The van der Waals surface area contributed by atoms with Gasteiger partial charge in [-0.25, -0.2) is 6.08 Å². The molecule has 13 heavy (non-hydrogen) atoms. The summed E-state index contributed by atoms with van der Waals surface area (Å²) in [6, 6.07) is 0. The normalized spacial score (nSPS) is 16.3. The van der Waals surface area contributed by atoms with Gasteiger partial charge in [-0.05, 0) is 19.1 Å². The van der Waals surface area contributed by atoms with Gasteiger partial charge in [0.05, 0.1) is 0 Å². The van der Waals surface area contributed by atoms with Crippen LogP contribution in [0.1, 0.15) is 25.7 Å². The van der Waals surface area contributed by atoms with Crippen LogP contribution in [0.4, 0.5) is 0 Å². The van der Waals surface area contributed by atoms with Gasteiger partial charge in [0.1, 0.15) is 0 Å². The van der Waals surface area contributed by atoms with Crippen molar-refractivity contribution in [2.75, 3.05) is 0 Å². The fraction of sp³-hybridized carbons (Fsp3) is 0.444. The molecule has 0 radical (unpaired) electrons. The molecule has 0 aliphatic heterocycles. The van der Waals surface area contributed by atoms with E-state index in [0.29, 0.717) is 12.9 Å².